The Kier molecular flexibility index (Phi) is 5.24. The van der Waals surface area contributed by atoms with Gasteiger partial charge in [-0.05, 0) is 32.8 Å². The summed E-state index contributed by atoms with van der Waals surface area (Å²) in [4.78, 5) is 2.40. The van der Waals surface area contributed by atoms with Crippen molar-refractivity contribution >= 4 is 21.4 Å². The topological polar surface area (TPSA) is 49.4 Å². The van der Waals surface area contributed by atoms with Crippen molar-refractivity contribution in [2.75, 3.05) is 13.1 Å². The average molecular weight is 329 g/mol. The van der Waals surface area contributed by atoms with Gasteiger partial charge in [-0.2, -0.15) is 4.31 Å². The van der Waals surface area contributed by atoms with Crippen LogP contribution < -0.4 is 5.32 Å². The van der Waals surface area contributed by atoms with Crippen molar-refractivity contribution in [3.05, 3.63) is 28.0 Å². The molecule has 6 heteroatoms. The van der Waals surface area contributed by atoms with Gasteiger partial charge in [0.05, 0.1) is 4.90 Å². The molecular formula is C15H24N2O2S2. The monoisotopic (exact) mass is 328 g/mol. The van der Waals surface area contributed by atoms with Gasteiger partial charge in [-0.25, -0.2) is 8.42 Å². The van der Waals surface area contributed by atoms with Crippen molar-refractivity contribution in [3.63, 3.8) is 0 Å². The summed E-state index contributed by atoms with van der Waals surface area (Å²) in [6.07, 6.45) is 2.47. The van der Waals surface area contributed by atoms with E-state index in [4.69, 9.17) is 0 Å². The standard InChI is InChI=1S/C15H24N2O2S2/c1-5-17(10-11(2)3)21(18,19)15-8-14(20-12(15)4)9-16-13-6-7-13/h8,13,16H,2,5-7,9-10H2,1,3-4H3. The van der Waals surface area contributed by atoms with E-state index in [2.05, 4.69) is 11.9 Å². The van der Waals surface area contributed by atoms with Gasteiger partial charge in [0.2, 0.25) is 10.0 Å². The Labute approximate surface area is 131 Å². The van der Waals surface area contributed by atoms with Crippen molar-refractivity contribution in [3.8, 4) is 0 Å². The SMILES string of the molecule is C=C(C)CN(CC)S(=O)(=O)c1cc(CNC2CC2)sc1C. The summed E-state index contributed by atoms with van der Waals surface area (Å²) in [5.41, 5.74) is 0.851. The van der Waals surface area contributed by atoms with E-state index in [0.717, 1.165) is 21.9 Å². The van der Waals surface area contributed by atoms with Gasteiger partial charge in [-0.1, -0.05) is 19.1 Å². The number of thiophene rings is 1. The Morgan fingerprint density at radius 1 is 1.52 bits per heavy atom. The quantitative estimate of drug-likeness (QED) is 0.747. The Hall–Kier alpha value is -0.690. The molecule has 1 heterocycles. The molecule has 4 nitrogen and oxygen atoms in total. The summed E-state index contributed by atoms with van der Waals surface area (Å²) in [5, 5.41) is 3.43. The predicted molar refractivity (Wildman–Crippen MR) is 88.2 cm³/mol. The summed E-state index contributed by atoms with van der Waals surface area (Å²) < 4.78 is 27.0. The lowest BCUT2D eigenvalue weighted by Gasteiger charge is -2.20. The fraction of sp³-hybridized carbons (Fsp3) is 0.600. The normalized spacial score (nSPS) is 15.6. The molecule has 0 saturated heterocycles. The number of sulfonamides is 1. The van der Waals surface area contributed by atoms with Crippen LogP contribution in [0.5, 0.6) is 0 Å². The molecule has 0 aliphatic heterocycles. The Balaban J connectivity index is 2.19. The number of hydrogen-bond acceptors (Lipinski definition) is 4. The second-order valence-corrected chi connectivity index (χ2v) is 8.92. The van der Waals surface area contributed by atoms with Crippen LogP contribution in [0.2, 0.25) is 0 Å². The molecular weight excluding hydrogens is 304 g/mol. The fourth-order valence-corrected chi connectivity index (χ4v) is 5.27. The molecule has 21 heavy (non-hydrogen) atoms. The first-order valence-corrected chi connectivity index (χ1v) is 9.57. The first-order chi connectivity index (χ1) is 9.84. The molecule has 118 valence electrons. The highest BCUT2D eigenvalue weighted by Gasteiger charge is 2.27. The number of nitrogens with zero attached hydrogens (tertiary/aromatic N) is 1. The first kappa shape index (κ1) is 16.7. The molecule has 1 aromatic rings. The third-order valence-corrected chi connectivity index (χ3v) is 6.71. The van der Waals surface area contributed by atoms with Gasteiger partial charge >= 0.3 is 0 Å². The van der Waals surface area contributed by atoms with Gasteiger partial charge in [0, 0.05) is 35.4 Å². The van der Waals surface area contributed by atoms with E-state index in [-0.39, 0.29) is 0 Å². The summed E-state index contributed by atoms with van der Waals surface area (Å²) in [7, 11) is -3.42. The van der Waals surface area contributed by atoms with E-state index in [1.807, 2.05) is 26.8 Å². The van der Waals surface area contributed by atoms with Gasteiger partial charge in [-0.3, -0.25) is 0 Å². The number of hydrogen-bond donors (Lipinski definition) is 1. The highest BCUT2D eigenvalue weighted by atomic mass is 32.2. The molecule has 1 aromatic heterocycles. The summed E-state index contributed by atoms with van der Waals surface area (Å²) >= 11 is 1.57. The molecule has 1 aliphatic carbocycles. The van der Waals surface area contributed by atoms with Gasteiger partial charge in [0.15, 0.2) is 0 Å². The summed E-state index contributed by atoms with van der Waals surface area (Å²) in [6, 6.07) is 2.45. The van der Waals surface area contributed by atoms with E-state index < -0.39 is 10.0 Å². The second kappa shape index (κ2) is 6.60. The third kappa shape index (κ3) is 4.16. The van der Waals surface area contributed by atoms with Crippen LogP contribution in [-0.4, -0.2) is 31.9 Å². The van der Waals surface area contributed by atoms with Crippen molar-refractivity contribution in [2.24, 2.45) is 0 Å². The maximum Gasteiger partial charge on any atom is 0.244 e. The molecule has 1 N–H and O–H groups in total. The maximum atomic E-state index is 12.8. The van der Waals surface area contributed by atoms with Crippen molar-refractivity contribution in [1.29, 1.82) is 0 Å². The zero-order chi connectivity index (χ0) is 15.6. The van der Waals surface area contributed by atoms with Gasteiger partial charge < -0.3 is 5.32 Å². The van der Waals surface area contributed by atoms with Crippen molar-refractivity contribution in [1.82, 2.24) is 9.62 Å². The molecule has 0 bridgehead atoms. The van der Waals surface area contributed by atoms with E-state index >= 15 is 0 Å². The molecule has 0 amide bonds. The lowest BCUT2D eigenvalue weighted by atomic mass is 10.3. The fourth-order valence-electron chi connectivity index (χ4n) is 2.21. The summed E-state index contributed by atoms with van der Waals surface area (Å²) in [5.74, 6) is 0. The average Bonchev–Trinajstić information content (AvgIpc) is 3.15. The zero-order valence-corrected chi connectivity index (χ0v) is 14.6. The van der Waals surface area contributed by atoms with Crippen LogP contribution in [0.25, 0.3) is 0 Å². The van der Waals surface area contributed by atoms with Gasteiger partial charge in [0.25, 0.3) is 0 Å². The minimum Gasteiger partial charge on any atom is -0.309 e. The smallest absolute Gasteiger partial charge is 0.244 e. The molecule has 0 aromatic carbocycles. The summed E-state index contributed by atoms with van der Waals surface area (Å²) in [6.45, 7) is 11.0. The zero-order valence-electron chi connectivity index (χ0n) is 13.0. The molecule has 1 saturated carbocycles. The Morgan fingerprint density at radius 2 is 2.19 bits per heavy atom. The molecule has 0 spiro atoms. The Morgan fingerprint density at radius 3 is 2.71 bits per heavy atom. The molecule has 0 unspecified atom stereocenters. The number of aryl methyl sites for hydroxylation is 1. The van der Waals surface area contributed by atoms with Crippen LogP contribution in [0.1, 0.15) is 36.4 Å². The van der Waals surface area contributed by atoms with E-state index in [1.54, 1.807) is 11.3 Å². The number of nitrogens with one attached hydrogen (secondary N) is 1. The van der Waals surface area contributed by atoms with Gasteiger partial charge in [0.1, 0.15) is 0 Å². The lowest BCUT2D eigenvalue weighted by molar-refractivity contribution is 0.452. The first-order valence-electron chi connectivity index (χ1n) is 7.31. The highest BCUT2D eigenvalue weighted by molar-refractivity contribution is 7.89. The molecule has 2 rings (SSSR count). The van der Waals surface area contributed by atoms with Crippen LogP contribution in [-0.2, 0) is 16.6 Å². The number of rotatable bonds is 8. The van der Waals surface area contributed by atoms with Crippen molar-refractivity contribution < 1.29 is 8.42 Å². The van der Waals surface area contributed by atoms with Crippen molar-refractivity contribution in [2.45, 2.75) is 51.1 Å². The highest BCUT2D eigenvalue weighted by Crippen LogP contribution is 2.29. The van der Waals surface area contributed by atoms with Crippen LogP contribution in [0.4, 0.5) is 0 Å². The van der Waals surface area contributed by atoms with Crippen LogP contribution >= 0.6 is 11.3 Å². The third-order valence-electron chi connectivity index (χ3n) is 3.48. The van der Waals surface area contributed by atoms with Crippen LogP contribution in [0, 0.1) is 6.92 Å². The lowest BCUT2D eigenvalue weighted by Crippen LogP contribution is -2.32. The number of likely N-dealkylation sites (N-methyl/N-ethyl adjacent to an activating group) is 1. The molecule has 1 fully saturated rings. The molecule has 0 atom stereocenters. The van der Waals surface area contributed by atoms with E-state index in [1.165, 1.54) is 17.1 Å². The van der Waals surface area contributed by atoms with Crippen LogP contribution in [0.15, 0.2) is 23.1 Å². The van der Waals surface area contributed by atoms with Gasteiger partial charge in [-0.15, -0.1) is 11.3 Å². The maximum absolute atomic E-state index is 12.8. The van der Waals surface area contributed by atoms with Crippen LogP contribution in [0.3, 0.4) is 0 Å². The predicted octanol–water partition coefficient (Wildman–Crippen LogP) is 2.90. The molecule has 1 aliphatic rings. The van der Waals surface area contributed by atoms with E-state index in [9.17, 15) is 8.42 Å². The minimum absolute atomic E-state index is 0.379. The molecule has 0 radical (unpaired) electrons. The second-order valence-electron chi connectivity index (χ2n) is 5.68. The minimum atomic E-state index is -3.42. The van der Waals surface area contributed by atoms with E-state index in [0.29, 0.717) is 24.0 Å². The Bertz CT molecular complexity index is 616. The largest absolute Gasteiger partial charge is 0.309 e.